The first-order valence-corrected chi connectivity index (χ1v) is 5.72. The van der Waals surface area contributed by atoms with Gasteiger partial charge in [0.2, 0.25) is 16.5 Å². The van der Waals surface area contributed by atoms with E-state index in [1.54, 1.807) is 0 Å². The van der Waals surface area contributed by atoms with Gasteiger partial charge in [0.1, 0.15) is 0 Å². The van der Waals surface area contributed by atoms with Crippen molar-refractivity contribution in [3.8, 4) is 0 Å². The summed E-state index contributed by atoms with van der Waals surface area (Å²) >= 11 is 11.2. The van der Waals surface area contributed by atoms with Gasteiger partial charge in [0.05, 0.1) is 6.10 Å². The maximum atomic E-state index is 9.62. The summed E-state index contributed by atoms with van der Waals surface area (Å²) in [7, 11) is 0. The predicted molar refractivity (Wildman–Crippen MR) is 63.8 cm³/mol. The highest BCUT2D eigenvalue weighted by Gasteiger charge is 2.08. The number of aliphatic hydroxyl groups excluding tert-OH is 1. The van der Waals surface area contributed by atoms with Gasteiger partial charge in [0, 0.05) is 6.54 Å². The van der Waals surface area contributed by atoms with E-state index in [0.717, 1.165) is 0 Å². The van der Waals surface area contributed by atoms with E-state index >= 15 is 0 Å². The molecule has 90 valence electrons. The molecule has 7 heteroatoms. The van der Waals surface area contributed by atoms with Crippen LogP contribution in [-0.2, 0) is 0 Å². The molecule has 0 aromatic carbocycles. The highest BCUT2D eigenvalue weighted by Crippen LogP contribution is 2.10. The number of aromatic nitrogens is 3. The fraction of sp³-hybridized carbons (Fsp3) is 0.667. The van der Waals surface area contributed by atoms with Crippen LogP contribution in [-0.4, -0.2) is 32.7 Å². The fourth-order valence-corrected chi connectivity index (χ4v) is 1.61. The molecule has 0 radical (unpaired) electrons. The molecule has 0 saturated carbocycles. The number of nitrogens with one attached hydrogen (secondary N) is 1. The van der Waals surface area contributed by atoms with Crippen molar-refractivity contribution in [3.05, 3.63) is 10.6 Å². The molecular weight excluding hydrogens is 251 g/mol. The molecule has 2 N–H and O–H groups in total. The molecule has 0 aliphatic heterocycles. The van der Waals surface area contributed by atoms with Gasteiger partial charge in [-0.2, -0.15) is 15.0 Å². The minimum Gasteiger partial charge on any atom is -0.391 e. The molecule has 1 aromatic heterocycles. The van der Waals surface area contributed by atoms with Crippen LogP contribution in [0.4, 0.5) is 5.95 Å². The fourth-order valence-electron chi connectivity index (χ4n) is 1.24. The Hall–Kier alpha value is -0.650. The Kier molecular flexibility index (Phi) is 5.18. The molecule has 0 fully saturated rings. The molecule has 1 rings (SSSR count). The molecule has 0 aliphatic carbocycles. The van der Waals surface area contributed by atoms with Crippen LogP contribution >= 0.6 is 23.2 Å². The van der Waals surface area contributed by atoms with Gasteiger partial charge < -0.3 is 10.4 Å². The van der Waals surface area contributed by atoms with Gasteiger partial charge in [-0.3, -0.25) is 0 Å². The van der Waals surface area contributed by atoms with Crippen molar-refractivity contribution in [2.24, 2.45) is 5.92 Å². The van der Waals surface area contributed by atoms with Crippen LogP contribution in [0.3, 0.4) is 0 Å². The monoisotopic (exact) mass is 264 g/mol. The molecule has 1 aromatic rings. The number of rotatable bonds is 5. The lowest BCUT2D eigenvalue weighted by Crippen LogP contribution is -2.22. The summed E-state index contributed by atoms with van der Waals surface area (Å²) in [5, 5.41) is 12.5. The molecule has 0 aliphatic rings. The first-order chi connectivity index (χ1) is 7.47. The summed E-state index contributed by atoms with van der Waals surface area (Å²) in [4.78, 5) is 11.3. The summed E-state index contributed by atoms with van der Waals surface area (Å²) in [6, 6.07) is 0. The molecule has 0 amide bonds. The van der Waals surface area contributed by atoms with Crippen LogP contribution in [0.25, 0.3) is 0 Å². The predicted octanol–water partition coefficient (Wildman–Crippen LogP) is 2.00. The van der Waals surface area contributed by atoms with Crippen molar-refractivity contribution in [3.63, 3.8) is 0 Å². The van der Waals surface area contributed by atoms with Crippen LogP contribution in [0.2, 0.25) is 10.6 Å². The quantitative estimate of drug-likeness (QED) is 0.852. The zero-order valence-corrected chi connectivity index (χ0v) is 10.6. The Labute approximate surface area is 104 Å². The van der Waals surface area contributed by atoms with E-state index in [-0.39, 0.29) is 16.5 Å². The van der Waals surface area contributed by atoms with Gasteiger partial charge in [0.25, 0.3) is 0 Å². The standard InChI is InChI=1S/C9H14Cl2N4O/c1-5(2)3-6(16)4-12-9-14-7(10)13-8(11)15-9/h5-6,16H,3-4H2,1-2H3,(H,12,13,14,15). The van der Waals surface area contributed by atoms with Crippen molar-refractivity contribution in [1.82, 2.24) is 15.0 Å². The Bertz CT molecular complexity index is 328. The van der Waals surface area contributed by atoms with E-state index in [2.05, 4.69) is 20.3 Å². The first-order valence-electron chi connectivity index (χ1n) is 4.96. The van der Waals surface area contributed by atoms with E-state index in [1.807, 2.05) is 13.8 Å². The van der Waals surface area contributed by atoms with Gasteiger partial charge in [-0.25, -0.2) is 0 Å². The summed E-state index contributed by atoms with van der Waals surface area (Å²) in [5.41, 5.74) is 0. The summed E-state index contributed by atoms with van der Waals surface area (Å²) < 4.78 is 0. The maximum absolute atomic E-state index is 9.62. The summed E-state index contributed by atoms with van der Waals surface area (Å²) in [6.07, 6.45) is 0.258. The first kappa shape index (κ1) is 13.4. The van der Waals surface area contributed by atoms with Crippen LogP contribution in [0, 0.1) is 5.92 Å². The zero-order chi connectivity index (χ0) is 12.1. The zero-order valence-electron chi connectivity index (χ0n) is 9.11. The van der Waals surface area contributed by atoms with Crippen LogP contribution in [0.15, 0.2) is 0 Å². The van der Waals surface area contributed by atoms with E-state index in [4.69, 9.17) is 23.2 Å². The number of hydrogen-bond donors (Lipinski definition) is 2. The van der Waals surface area contributed by atoms with Crippen molar-refractivity contribution in [2.75, 3.05) is 11.9 Å². The number of anilines is 1. The average molecular weight is 265 g/mol. The van der Waals surface area contributed by atoms with Crippen molar-refractivity contribution in [1.29, 1.82) is 0 Å². The molecule has 1 unspecified atom stereocenters. The Balaban J connectivity index is 2.48. The van der Waals surface area contributed by atoms with Crippen LogP contribution in [0.1, 0.15) is 20.3 Å². The largest absolute Gasteiger partial charge is 0.391 e. The molecule has 1 atom stereocenters. The Morgan fingerprint density at radius 2 is 1.75 bits per heavy atom. The second kappa shape index (κ2) is 6.18. The number of nitrogens with zero attached hydrogens (tertiary/aromatic N) is 3. The van der Waals surface area contributed by atoms with E-state index < -0.39 is 6.10 Å². The molecule has 5 nitrogen and oxygen atoms in total. The third-order valence-corrected chi connectivity index (χ3v) is 2.16. The second-order valence-electron chi connectivity index (χ2n) is 3.86. The SMILES string of the molecule is CC(C)CC(O)CNc1nc(Cl)nc(Cl)n1. The Morgan fingerprint density at radius 3 is 2.25 bits per heavy atom. The van der Waals surface area contributed by atoms with Crippen molar-refractivity contribution < 1.29 is 5.11 Å². The normalized spacial score (nSPS) is 12.9. The van der Waals surface area contributed by atoms with E-state index in [0.29, 0.717) is 18.9 Å². The second-order valence-corrected chi connectivity index (χ2v) is 4.54. The number of hydrogen-bond acceptors (Lipinski definition) is 5. The minimum absolute atomic E-state index is 0.0286. The van der Waals surface area contributed by atoms with E-state index in [9.17, 15) is 5.11 Å². The summed E-state index contributed by atoms with van der Waals surface area (Å²) in [6.45, 7) is 4.44. The van der Waals surface area contributed by atoms with Gasteiger partial charge in [0.15, 0.2) is 0 Å². The molecule has 0 saturated heterocycles. The van der Waals surface area contributed by atoms with E-state index in [1.165, 1.54) is 0 Å². The number of halogens is 2. The van der Waals surface area contributed by atoms with Gasteiger partial charge in [-0.1, -0.05) is 13.8 Å². The maximum Gasteiger partial charge on any atom is 0.228 e. The smallest absolute Gasteiger partial charge is 0.228 e. The average Bonchev–Trinajstić information content (AvgIpc) is 2.12. The molecule has 16 heavy (non-hydrogen) atoms. The third-order valence-electron chi connectivity index (χ3n) is 1.82. The summed E-state index contributed by atoms with van der Waals surface area (Å²) in [5.74, 6) is 0.704. The highest BCUT2D eigenvalue weighted by molar-refractivity contribution is 6.31. The number of aliphatic hydroxyl groups is 1. The Morgan fingerprint density at radius 1 is 1.19 bits per heavy atom. The lowest BCUT2D eigenvalue weighted by atomic mass is 10.1. The molecular formula is C9H14Cl2N4O. The molecule has 0 spiro atoms. The van der Waals surface area contributed by atoms with Crippen LogP contribution < -0.4 is 5.32 Å². The minimum atomic E-state index is -0.450. The van der Waals surface area contributed by atoms with Crippen molar-refractivity contribution in [2.45, 2.75) is 26.4 Å². The van der Waals surface area contributed by atoms with Crippen molar-refractivity contribution >= 4 is 29.2 Å². The molecule has 0 bridgehead atoms. The third kappa shape index (κ3) is 4.92. The van der Waals surface area contributed by atoms with Gasteiger partial charge in [-0.05, 0) is 35.5 Å². The lowest BCUT2D eigenvalue weighted by Gasteiger charge is -2.13. The van der Waals surface area contributed by atoms with Crippen LogP contribution in [0.5, 0.6) is 0 Å². The lowest BCUT2D eigenvalue weighted by molar-refractivity contribution is 0.161. The molecule has 1 heterocycles. The topological polar surface area (TPSA) is 70.9 Å². The van der Waals surface area contributed by atoms with Gasteiger partial charge in [-0.15, -0.1) is 0 Å². The van der Waals surface area contributed by atoms with Gasteiger partial charge >= 0.3 is 0 Å². The highest BCUT2D eigenvalue weighted by atomic mass is 35.5.